The first-order valence-corrected chi connectivity index (χ1v) is 9.89. The highest BCUT2D eigenvalue weighted by Crippen LogP contribution is 2.49. The summed E-state index contributed by atoms with van der Waals surface area (Å²) in [6, 6.07) is 17.1. The van der Waals surface area contributed by atoms with Crippen LogP contribution >= 0.6 is 0 Å². The Kier molecular flexibility index (Phi) is 5.38. The minimum absolute atomic E-state index is 0.0301. The first kappa shape index (κ1) is 19.2. The monoisotopic (exact) mass is 392 g/mol. The minimum atomic E-state index is -0.811. The van der Waals surface area contributed by atoms with Crippen LogP contribution in [0.3, 0.4) is 0 Å². The summed E-state index contributed by atoms with van der Waals surface area (Å²) in [6.07, 6.45) is 3.97. The molecule has 5 nitrogen and oxygen atoms in total. The SMILES string of the molecule is COc1ccc([C@]23CCCC=C2C(CC(=O)OCc2ccccc2)OC3=O)cc1. The van der Waals surface area contributed by atoms with Gasteiger partial charge in [-0.2, -0.15) is 0 Å². The number of benzene rings is 2. The lowest BCUT2D eigenvalue weighted by Gasteiger charge is -2.31. The predicted molar refractivity (Wildman–Crippen MR) is 107 cm³/mol. The van der Waals surface area contributed by atoms with Gasteiger partial charge in [-0.05, 0) is 48.1 Å². The van der Waals surface area contributed by atoms with Gasteiger partial charge in [0.05, 0.1) is 13.5 Å². The summed E-state index contributed by atoms with van der Waals surface area (Å²) in [4.78, 5) is 25.4. The number of carbonyl (C=O) groups excluding carboxylic acids is 2. The molecule has 2 atom stereocenters. The van der Waals surface area contributed by atoms with Gasteiger partial charge in [-0.1, -0.05) is 48.5 Å². The summed E-state index contributed by atoms with van der Waals surface area (Å²) in [5.74, 6) is 0.0806. The molecule has 4 rings (SSSR count). The van der Waals surface area contributed by atoms with Gasteiger partial charge in [0.2, 0.25) is 0 Å². The molecule has 0 amide bonds. The fraction of sp³-hybridized carbons (Fsp3) is 0.333. The molecule has 1 heterocycles. The van der Waals surface area contributed by atoms with Gasteiger partial charge in [0.25, 0.3) is 0 Å². The zero-order chi connectivity index (χ0) is 20.3. The summed E-state index contributed by atoms with van der Waals surface area (Å²) >= 11 is 0. The zero-order valence-corrected chi connectivity index (χ0v) is 16.4. The molecule has 0 aromatic heterocycles. The Hall–Kier alpha value is -3.08. The van der Waals surface area contributed by atoms with Crippen molar-refractivity contribution in [3.05, 3.63) is 77.4 Å². The van der Waals surface area contributed by atoms with Crippen molar-refractivity contribution in [3.8, 4) is 5.75 Å². The third kappa shape index (κ3) is 3.65. The molecule has 1 fully saturated rings. The van der Waals surface area contributed by atoms with Gasteiger partial charge in [0.15, 0.2) is 0 Å². The van der Waals surface area contributed by atoms with Crippen molar-refractivity contribution in [1.82, 2.24) is 0 Å². The molecule has 0 N–H and O–H groups in total. The number of ether oxygens (including phenoxy) is 3. The number of methoxy groups -OCH3 is 1. The second-order valence-electron chi connectivity index (χ2n) is 7.43. The maximum atomic E-state index is 13.0. The Morgan fingerprint density at radius 2 is 1.90 bits per heavy atom. The van der Waals surface area contributed by atoms with Crippen LogP contribution in [0.15, 0.2) is 66.2 Å². The van der Waals surface area contributed by atoms with Gasteiger partial charge < -0.3 is 14.2 Å². The van der Waals surface area contributed by atoms with E-state index in [1.54, 1.807) is 7.11 Å². The van der Waals surface area contributed by atoms with E-state index in [-0.39, 0.29) is 25.0 Å². The summed E-state index contributed by atoms with van der Waals surface area (Å²) in [7, 11) is 1.61. The molecular formula is C24H24O5. The van der Waals surface area contributed by atoms with E-state index < -0.39 is 11.5 Å². The lowest BCUT2D eigenvalue weighted by atomic mass is 9.67. The molecule has 1 aliphatic carbocycles. The normalized spacial score (nSPS) is 23.0. The predicted octanol–water partition coefficient (Wildman–Crippen LogP) is 4.10. The summed E-state index contributed by atoms with van der Waals surface area (Å²) in [5.41, 5.74) is 1.88. The van der Waals surface area contributed by atoms with E-state index in [1.165, 1.54) is 0 Å². The Bertz CT molecular complexity index is 916. The molecule has 1 saturated heterocycles. The summed E-state index contributed by atoms with van der Waals surface area (Å²) in [5, 5.41) is 0. The molecule has 150 valence electrons. The van der Waals surface area contributed by atoms with Crippen molar-refractivity contribution in [1.29, 1.82) is 0 Å². The van der Waals surface area contributed by atoms with Crippen LogP contribution in [0.4, 0.5) is 0 Å². The van der Waals surface area contributed by atoms with Gasteiger partial charge >= 0.3 is 11.9 Å². The van der Waals surface area contributed by atoms with Crippen LogP contribution in [-0.4, -0.2) is 25.2 Å². The fourth-order valence-electron chi connectivity index (χ4n) is 4.27. The van der Waals surface area contributed by atoms with E-state index in [1.807, 2.05) is 54.6 Å². The number of allylic oxidation sites excluding steroid dienone is 1. The van der Waals surface area contributed by atoms with Crippen LogP contribution in [0.5, 0.6) is 5.75 Å². The number of esters is 2. The van der Waals surface area contributed by atoms with Crippen molar-refractivity contribution in [3.63, 3.8) is 0 Å². The van der Waals surface area contributed by atoms with Crippen molar-refractivity contribution >= 4 is 11.9 Å². The lowest BCUT2D eigenvalue weighted by molar-refractivity contribution is -0.151. The maximum absolute atomic E-state index is 13.0. The molecular weight excluding hydrogens is 368 g/mol. The Morgan fingerprint density at radius 3 is 2.62 bits per heavy atom. The summed E-state index contributed by atoms with van der Waals surface area (Å²) < 4.78 is 16.3. The molecule has 2 aromatic carbocycles. The van der Waals surface area contributed by atoms with Crippen LogP contribution in [0, 0.1) is 0 Å². The lowest BCUT2D eigenvalue weighted by Crippen LogP contribution is -2.35. The minimum Gasteiger partial charge on any atom is -0.497 e. The van der Waals surface area contributed by atoms with Crippen molar-refractivity contribution in [2.24, 2.45) is 0 Å². The molecule has 2 aliphatic rings. The Morgan fingerprint density at radius 1 is 1.14 bits per heavy atom. The fourth-order valence-corrected chi connectivity index (χ4v) is 4.27. The second-order valence-corrected chi connectivity index (χ2v) is 7.43. The number of hydrogen-bond acceptors (Lipinski definition) is 5. The molecule has 1 unspecified atom stereocenters. The number of cyclic esters (lactones) is 1. The van der Waals surface area contributed by atoms with E-state index in [0.29, 0.717) is 6.42 Å². The number of fused-ring (bicyclic) bond motifs is 1. The standard InChI is InChI=1S/C24H24O5/c1-27-19-12-10-18(11-13-19)24-14-6-5-9-20(24)21(29-23(24)26)15-22(25)28-16-17-7-3-2-4-8-17/h2-4,7-13,21H,5-6,14-16H2,1H3/t21?,24-/m1/s1. The molecule has 1 aliphatic heterocycles. The first-order valence-electron chi connectivity index (χ1n) is 9.89. The van der Waals surface area contributed by atoms with Crippen LogP contribution in [0.1, 0.15) is 36.8 Å². The quantitative estimate of drug-likeness (QED) is 0.547. The van der Waals surface area contributed by atoms with Gasteiger partial charge in [0, 0.05) is 0 Å². The van der Waals surface area contributed by atoms with E-state index in [4.69, 9.17) is 14.2 Å². The smallest absolute Gasteiger partial charge is 0.321 e. The van der Waals surface area contributed by atoms with E-state index in [9.17, 15) is 9.59 Å². The molecule has 0 spiro atoms. The molecule has 0 saturated carbocycles. The molecule has 0 radical (unpaired) electrons. The number of rotatable bonds is 6. The van der Waals surface area contributed by atoms with Crippen molar-refractivity contribution in [2.75, 3.05) is 7.11 Å². The number of carbonyl (C=O) groups is 2. The summed E-state index contributed by atoms with van der Waals surface area (Å²) in [6.45, 7) is 0.211. The largest absolute Gasteiger partial charge is 0.497 e. The third-order valence-electron chi connectivity index (χ3n) is 5.74. The molecule has 5 heteroatoms. The van der Waals surface area contributed by atoms with Crippen LogP contribution < -0.4 is 4.74 Å². The maximum Gasteiger partial charge on any atom is 0.321 e. The van der Waals surface area contributed by atoms with Crippen molar-refractivity contribution < 1.29 is 23.8 Å². The Labute approximate surface area is 170 Å². The van der Waals surface area contributed by atoms with Gasteiger partial charge in [-0.3, -0.25) is 9.59 Å². The third-order valence-corrected chi connectivity index (χ3v) is 5.74. The highest BCUT2D eigenvalue weighted by Gasteiger charge is 2.55. The first-order chi connectivity index (χ1) is 14.1. The molecule has 2 aromatic rings. The molecule has 0 bridgehead atoms. The van der Waals surface area contributed by atoms with E-state index >= 15 is 0 Å². The zero-order valence-electron chi connectivity index (χ0n) is 16.4. The van der Waals surface area contributed by atoms with Crippen LogP contribution in [0.2, 0.25) is 0 Å². The van der Waals surface area contributed by atoms with Gasteiger partial charge in [-0.15, -0.1) is 0 Å². The van der Waals surface area contributed by atoms with Crippen LogP contribution in [-0.2, 0) is 31.1 Å². The second kappa shape index (κ2) is 8.11. The van der Waals surface area contributed by atoms with E-state index in [0.717, 1.165) is 35.3 Å². The average Bonchev–Trinajstić information content (AvgIpc) is 3.05. The number of hydrogen-bond donors (Lipinski definition) is 0. The van der Waals surface area contributed by atoms with Crippen molar-refractivity contribution in [2.45, 2.75) is 43.8 Å². The van der Waals surface area contributed by atoms with Gasteiger partial charge in [0.1, 0.15) is 23.9 Å². The Balaban J connectivity index is 1.51. The van der Waals surface area contributed by atoms with Gasteiger partial charge in [-0.25, -0.2) is 0 Å². The molecule has 29 heavy (non-hydrogen) atoms. The highest BCUT2D eigenvalue weighted by atomic mass is 16.6. The average molecular weight is 392 g/mol. The van der Waals surface area contributed by atoms with E-state index in [2.05, 4.69) is 6.08 Å². The van der Waals surface area contributed by atoms with Crippen LogP contribution in [0.25, 0.3) is 0 Å². The topological polar surface area (TPSA) is 61.8 Å². The highest BCUT2D eigenvalue weighted by molar-refractivity contribution is 5.92.